The quantitative estimate of drug-likeness (QED) is 0.929. The first kappa shape index (κ1) is 15.8. The number of aromatic nitrogens is 1. The van der Waals surface area contributed by atoms with E-state index in [2.05, 4.69) is 15.7 Å². The first-order chi connectivity index (χ1) is 11.8. The van der Waals surface area contributed by atoms with Crippen LogP contribution in [0.1, 0.15) is 39.2 Å². The number of thiophene rings is 1. The number of ether oxygens (including phenoxy) is 1. The number of amides is 1. The zero-order valence-electron chi connectivity index (χ0n) is 13.7. The van der Waals surface area contributed by atoms with Crippen LogP contribution in [-0.4, -0.2) is 30.1 Å². The molecule has 5 heteroatoms. The van der Waals surface area contributed by atoms with E-state index in [9.17, 15) is 4.79 Å². The van der Waals surface area contributed by atoms with Gasteiger partial charge in [0.25, 0.3) is 5.91 Å². The van der Waals surface area contributed by atoms with Crippen LogP contribution in [0.15, 0.2) is 29.9 Å². The Kier molecular flexibility index (Phi) is 4.63. The van der Waals surface area contributed by atoms with Gasteiger partial charge < -0.3 is 10.1 Å². The van der Waals surface area contributed by atoms with Gasteiger partial charge in [0.1, 0.15) is 0 Å². The number of fused-ring (bicyclic) bond motifs is 1. The predicted octanol–water partition coefficient (Wildman–Crippen LogP) is 3.01. The summed E-state index contributed by atoms with van der Waals surface area (Å²) in [6, 6.07) is 4.16. The average molecular weight is 342 g/mol. The van der Waals surface area contributed by atoms with Crippen LogP contribution in [0.4, 0.5) is 0 Å². The maximum atomic E-state index is 12.8. The Morgan fingerprint density at radius 3 is 2.96 bits per heavy atom. The highest BCUT2D eigenvalue weighted by molar-refractivity contribution is 7.12. The smallest absolute Gasteiger partial charge is 0.261 e. The third-order valence-electron chi connectivity index (χ3n) is 5.07. The fourth-order valence-corrected chi connectivity index (χ4v) is 4.79. The number of carbonyl (C=O) groups excluding carboxylic acids is 1. The molecule has 2 aliphatic rings. The summed E-state index contributed by atoms with van der Waals surface area (Å²) >= 11 is 1.60. The van der Waals surface area contributed by atoms with Crippen molar-refractivity contribution in [2.24, 2.45) is 5.92 Å². The van der Waals surface area contributed by atoms with Gasteiger partial charge in [-0.1, -0.05) is 0 Å². The molecule has 126 valence electrons. The molecule has 0 unspecified atom stereocenters. The summed E-state index contributed by atoms with van der Waals surface area (Å²) in [6.45, 7) is 1.31. The second kappa shape index (κ2) is 7.03. The average Bonchev–Trinajstić information content (AvgIpc) is 3.23. The lowest BCUT2D eigenvalue weighted by Gasteiger charge is -2.20. The van der Waals surface area contributed by atoms with E-state index in [1.165, 1.54) is 29.5 Å². The SMILES string of the molecule is O=C(N[C@H]1COC[C@H]1Cc1ccncc1)c1scc2c1CCCC2. The number of carbonyl (C=O) groups is 1. The fraction of sp³-hybridized carbons (Fsp3) is 0.474. The minimum atomic E-state index is 0.0818. The number of hydrogen-bond donors (Lipinski definition) is 1. The van der Waals surface area contributed by atoms with Gasteiger partial charge in [0.2, 0.25) is 0 Å². The fourth-order valence-electron chi connectivity index (χ4n) is 3.72. The number of aryl methyl sites for hydroxylation is 1. The minimum absolute atomic E-state index is 0.0818. The molecule has 1 fully saturated rings. The molecule has 3 heterocycles. The van der Waals surface area contributed by atoms with Crippen molar-refractivity contribution < 1.29 is 9.53 Å². The zero-order chi connectivity index (χ0) is 16.4. The number of nitrogens with one attached hydrogen (secondary N) is 1. The van der Waals surface area contributed by atoms with Crippen LogP contribution in [-0.2, 0) is 24.0 Å². The van der Waals surface area contributed by atoms with E-state index in [1.807, 2.05) is 24.5 Å². The Labute approximate surface area is 146 Å². The monoisotopic (exact) mass is 342 g/mol. The topological polar surface area (TPSA) is 51.2 Å². The second-order valence-corrected chi connectivity index (χ2v) is 7.59. The lowest BCUT2D eigenvalue weighted by atomic mass is 9.93. The van der Waals surface area contributed by atoms with Crippen molar-refractivity contribution in [1.29, 1.82) is 0 Å². The van der Waals surface area contributed by atoms with Crippen LogP contribution < -0.4 is 5.32 Å². The molecule has 0 bridgehead atoms. The van der Waals surface area contributed by atoms with E-state index in [0.717, 1.165) is 24.1 Å². The standard InChI is InChI=1S/C19H22N2O2S/c22-19(18-16-4-2-1-3-14(16)12-24-18)21-17-11-23-10-15(17)9-13-5-7-20-8-6-13/h5-8,12,15,17H,1-4,9-11H2,(H,21,22)/t15-,17+/m1/s1. The van der Waals surface area contributed by atoms with Crippen LogP contribution >= 0.6 is 11.3 Å². The van der Waals surface area contributed by atoms with Gasteiger partial charge in [0.15, 0.2) is 0 Å². The van der Waals surface area contributed by atoms with E-state index in [-0.39, 0.29) is 11.9 Å². The van der Waals surface area contributed by atoms with Gasteiger partial charge in [-0.25, -0.2) is 0 Å². The molecule has 2 atom stereocenters. The predicted molar refractivity (Wildman–Crippen MR) is 94.5 cm³/mol. The van der Waals surface area contributed by atoms with Crippen molar-refractivity contribution in [3.8, 4) is 0 Å². The lowest BCUT2D eigenvalue weighted by molar-refractivity contribution is 0.0928. The number of rotatable bonds is 4. The molecular weight excluding hydrogens is 320 g/mol. The van der Waals surface area contributed by atoms with E-state index >= 15 is 0 Å². The normalized spacial score (nSPS) is 23.0. The lowest BCUT2D eigenvalue weighted by Crippen LogP contribution is -2.40. The minimum Gasteiger partial charge on any atom is -0.379 e. The van der Waals surface area contributed by atoms with E-state index in [1.54, 1.807) is 11.3 Å². The molecule has 1 amide bonds. The third kappa shape index (κ3) is 3.23. The van der Waals surface area contributed by atoms with Crippen LogP contribution in [0.25, 0.3) is 0 Å². The molecule has 1 aliphatic heterocycles. The van der Waals surface area contributed by atoms with Gasteiger partial charge >= 0.3 is 0 Å². The number of nitrogens with zero attached hydrogens (tertiary/aromatic N) is 1. The van der Waals surface area contributed by atoms with Crippen molar-refractivity contribution in [2.45, 2.75) is 38.1 Å². The maximum Gasteiger partial charge on any atom is 0.261 e. The highest BCUT2D eigenvalue weighted by Crippen LogP contribution is 2.30. The first-order valence-corrected chi connectivity index (χ1v) is 9.56. The van der Waals surface area contributed by atoms with Crippen LogP contribution in [0.5, 0.6) is 0 Å². The van der Waals surface area contributed by atoms with Gasteiger partial charge in [-0.3, -0.25) is 9.78 Å². The van der Waals surface area contributed by atoms with E-state index in [0.29, 0.717) is 19.1 Å². The molecule has 0 aromatic carbocycles. The van der Waals surface area contributed by atoms with Gasteiger partial charge in [0, 0.05) is 18.3 Å². The molecule has 1 N–H and O–H groups in total. The Morgan fingerprint density at radius 2 is 2.08 bits per heavy atom. The van der Waals surface area contributed by atoms with Gasteiger partial charge in [-0.2, -0.15) is 0 Å². The highest BCUT2D eigenvalue weighted by atomic mass is 32.1. The van der Waals surface area contributed by atoms with Gasteiger partial charge in [0.05, 0.1) is 24.1 Å². The molecule has 4 nitrogen and oxygen atoms in total. The molecule has 2 aromatic rings. The molecule has 0 saturated carbocycles. The van der Waals surface area contributed by atoms with Crippen molar-refractivity contribution >= 4 is 17.2 Å². The Bertz CT molecular complexity index is 713. The van der Waals surface area contributed by atoms with Gasteiger partial charge in [-0.15, -0.1) is 11.3 Å². The molecule has 1 saturated heterocycles. The van der Waals surface area contributed by atoms with Crippen LogP contribution in [0.3, 0.4) is 0 Å². The molecule has 1 aliphatic carbocycles. The molecule has 4 rings (SSSR count). The van der Waals surface area contributed by atoms with E-state index < -0.39 is 0 Å². The molecule has 24 heavy (non-hydrogen) atoms. The maximum absolute atomic E-state index is 12.8. The summed E-state index contributed by atoms with van der Waals surface area (Å²) in [5.41, 5.74) is 3.91. The summed E-state index contributed by atoms with van der Waals surface area (Å²) in [5, 5.41) is 5.40. The highest BCUT2D eigenvalue weighted by Gasteiger charge is 2.31. The molecule has 2 aromatic heterocycles. The van der Waals surface area contributed by atoms with Gasteiger partial charge in [-0.05, 0) is 66.3 Å². The van der Waals surface area contributed by atoms with Crippen LogP contribution in [0, 0.1) is 5.92 Å². The summed E-state index contributed by atoms with van der Waals surface area (Å²) in [7, 11) is 0. The summed E-state index contributed by atoms with van der Waals surface area (Å²) in [5.74, 6) is 0.408. The van der Waals surface area contributed by atoms with Crippen molar-refractivity contribution in [2.75, 3.05) is 13.2 Å². The zero-order valence-corrected chi connectivity index (χ0v) is 14.5. The van der Waals surface area contributed by atoms with Crippen LogP contribution in [0.2, 0.25) is 0 Å². The molecule has 0 spiro atoms. The summed E-state index contributed by atoms with van der Waals surface area (Å²) in [4.78, 5) is 17.7. The Morgan fingerprint density at radius 1 is 1.25 bits per heavy atom. The first-order valence-electron chi connectivity index (χ1n) is 8.68. The molecule has 0 radical (unpaired) electrons. The number of hydrogen-bond acceptors (Lipinski definition) is 4. The van der Waals surface area contributed by atoms with Crippen molar-refractivity contribution in [3.05, 3.63) is 51.5 Å². The van der Waals surface area contributed by atoms with Crippen molar-refractivity contribution in [1.82, 2.24) is 10.3 Å². The largest absolute Gasteiger partial charge is 0.379 e. The third-order valence-corrected chi connectivity index (χ3v) is 6.14. The number of pyridine rings is 1. The Hall–Kier alpha value is -1.72. The second-order valence-electron chi connectivity index (χ2n) is 6.71. The van der Waals surface area contributed by atoms with Crippen molar-refractivity contribution in [3.63, 3.8) is 0 Å². The summed E-state index contributed by atoms with van der Waals surface area (Å²) in [6.07, 6.45) is 9.15. The summed E-state index contributed by atoms with van der Waals surface area (Å²) < 4.78 is 5.65. The van der Waals surface area contributed by atoms with E-state index in [4.69, 9.17) is 4.74 Å². The molecular formula is C19H22N2O2S. The Balaban J connectivity index is 1.44.